The molecule has 0 bridgehead atoms. The number of halogens is 2. The molecule has 2 atom stereocenters. The third-order valence-electron chi connectivity index (χ3n) is 6.77. The fourth-order valence-corrected chi connectivity index (χ4v) is 5.80. The number of benzene rings is 3. The lowest BCUT2D eigenvalue weighted by molar-refractivity contribution is -0.122. The van der Waals surface area contributed by atoms with Crippen LogP contribution in [0.2, 0.25) is 0 Å². The molecule has 0 aliphatic carbocycles. The molecule has 3 aromatic carbocycles. The van der Waals surface area contributed by atoms with Gasteiger partial charge in [0.25, 0.3) is 0 Å². The third kappa shape index (κ3) is 7.87. The SMILES string of the molecule is CC(C)CCNCc1ccc2c(c1)OCCC2NC(=O)CC(NS(=O)(=O)c1ccc(F)c(F)c1)c1ccccc1. The number of ether oxygens (including phenoxy) is 1. The summed E-state index contributed by atoms with van der Waals surface area (Å²) < 4.78 is 61.5. The zero-order valence-corrected chi connectivity index (χ0v) is 23.4. The molecule has 1 aliphatic heterocycles. The summed E-state index contributed by atoms with van der Waals surface area (Å²) in [6, 6.07) is 15.7. The van der Waals surface area contributed by atoms with Crippen molar-refractivity contribution in [2.45, 2.75) is 56.6 Å². The van der Waals surface area contributed by atoms with Gasteiger partial charge in [0.15, 0.2) is 11.6 Å². The van der Waals surface area contributed by atoms with E-state index in [1.54, 1.807) is 30.3 Å². The number of amides is 1. The molecule has 10 heteroatoms. The van der Waals surface area contributed by atoms with Gasteiger partial charge in [0, 0.05) is 24.9 Å². The molecule has 0 saturated heterocycles. The molecule has 0 saturated carbocycles. The highest BCUT2D eigenvalue weighted by Crippen LogP contribution is 2.33. The van der Waals surface area contributed by atoms with Gasteiger partial charge in [-0.1, -0.05) is 56.3 Å². The monoisotopic (exact) mass is 571 g/mol. The van der Waals surface area contributed by atoms with E-state index < -0.39 is 32.6 Å². The van der Waals surface area contributed by atoms with Gasteiger partial charge in [-0.2, -0.15) is 0 Å². The molecule has 4 rings (SSSR count). The van der Waals surface area contributed by atoms with Crippen LogP contribution in [0.5, 0.6) is 5.75 Å². The van der Waals surface area contributed by atoms with Crippen LogP contribution in [0.1, 0.15) is 61.9 Å². The maximum atomic E-state index is 13.7. The Labute approximate surface area is 234 Å². The van der Waals surface area contributed by atoms with Crippen molar-refractivity contribution in [3.05, 3.63) is 95.1 Å². The van der Waals surface area contributed by atoms with Crippen LogP contribution in [0.3, 0.4) is 0 Å². The highest BCUT2D eigenvalue weighted by Gasteiger charge is 2.28. The molecule has 7 nitrogen and oxygen atoms in total. The van der Waals surface area contributed by atoms with E-state index in [1.165, 1.54) is 0 Å². The molecule has 1 heterocycles. The van der Waals surface area contributed by atoms with Gasteiger partial charge >= 0.3 is 0 Å². The van der Waals surface area contributed by atoms with Crippen LogP contribution in [0, 0.1) is 17.6 Å². The summed E-state index contributed by atoms with van der Waals surface area (Å²) >= 11 is 0. The largest absolute Gasteiger partial charge is 0.493 e. The van der Waals surface area contributed by atoms with Crippen molar-refractivity contribution in [1.29, 1.82) is 0 Å². The molecule has 0 spiro atoms. The Balaban J connectivity index is 1.45. The van der Waals surface area contributed by atoms with E-state index in [4.69, 9.17) is 4.74 Å². The van der Waals surface area contributed by atoms with Crippen LogP contribution in [0.4, 0.5) is 8.78 Å². The van der Waals surface area contributed by atoms with Gasteiger partial charge in [-0.25, -0.2) is 21.9 Å². The minimum absolute atomic E-state index is 0.197. The van der Waals surface area contributed by atoms with Crippen LogP contribution in [0.25, 0.3) is 0 Å². The predicted molar refractivity (Wildman–Crippen MR) is 149 cm³/mol. The molecular formula is C30H35F2N3O4S. The van der Waals surface area contributed by atoms with Crippen molar-refractivity contribution in [2.24, 2.45) is 5.92 Å². The zero-order valence-electron chi connectivity index (χ0n) is 22.6. The van der Waals surface area contributed by atoms with E-state index in [-0.39, 0.29) is 18.4 Å². The summed E-state index contributed by atoms with van der Waals surface area (Å²) in [6.45, 7) is 6.46. The number of carbonyl (C=O) groups is 1. The maximum absolute atomic E-state index is 13.7. The first-order chi connectivity index (χ1) is 19.1. The van der Waals surface area contributed by atoms with E-state index in [0.717, 1.165) is 48.5 Å². The highest BCUT2D eigenvalue weighted by atomic mass is 32.2. The van der Waals surface area contributed by atoms with Crippen molar-refractivity contribution < 1.29 is 26.7 Å². The smallest absolute Gasteiger partial charge is 0.241 e. The van der Waals surface area contributed by atoms with Crippen molar-refractivity contribution >= 4 is 15.9 Å². The third-order valence-corrected chi connectivity index (χ3v) is 8.24. The molecule has 3 N–H and O–H groups in total. The standard InChI is InChI=1S/C30H35F2N3O4S/c1-20(2)12-14-33-19-21-8-10-24-27(13-15-39-29(24)16-21)34-30(36)18-28(22-6-4-3-5-7-22)35-40(37,38)23-9-11-25(31)26(32)17-23/h3-11,16-17,20,27-28,33,35H,12-15,18-19H2,1-2H3,(H,34,36). The van der Waals surface area contributed by atoms with Crippen LogP contribution in [-0.4, -0.2) is 27.5 Å². The van der Waals surface area contributed by atoms with Gasteiger partial charge in [0.05, 0.1) is 23.6 Å². The Kier molecular flexibility index (Phi) is 9.89. The molecular weight excluding hydrogens is 536 g/mol. The number of hydrogen-bond acceptors (Lipinski definition) is 5. The Bertz CT molecular complexity index is 1420. The molecule has 0 fully saturated rings. The van der Waals surface area contributed by atoms with Gasteiger partial charge in [-0.15, -0.1) is 0 Å². The van der Waals surface area contributed by atoms with Crippen LogP contribution in [-0.2, 0) is 21.4 Å². The van der Waals surface area contributed by atoms with E-state index in [2.05, 4.69) is 29.2 Å². The van der Waals surface area contributed by atoms with E-state index in [1.807, 2.05) is 18.2 Å². The molecule has 1 aliphatic rings. The lowest BCUT2D eigenvalue weighted by atomic mass is 9.98. The van der Waals surface area contributed by atoms with Gasteiger partial charge in [-0.05, 0) is 54.3 Å². The number of rotatable bonds is 12. The molecule has 3 aromatic rings. The quantitative estimate of drug-likeness (QED) is 0.261. The Hall–Kier alpha value is -3.34. The zero-order chi connectivity index (χ0) is 28.7. The number of fused-ring (bicyclic) bond motifs is 1. The normalized spacial score (nSPS) is 15.8. The van der Waals surface area contributed by atoms with Crippen molar-refractivity contribution in [2.75, 3.05) is 13.2 Å². The molecule has 0 radical (unpaired) electrons. The molecule has 214 valence electrons. The highest BCUT2D eigenvalue weighted by molar-refractivity contribution is 7.89. The van der Waals surface area contributed by atoms with Gasteiger partial charge in [0.1, 0.15) is 5.75 Å². The Morgan fingerprint density at radius 2 is 1.80 bits per heavy atom. The summed E-state index contributed by atoms with van der Waals surface area (Å²) in [5.74, 6) is -1.43. The van der Waals surface area contributed by atoms with E-state index >= 15 is 0 Å². The molecule has 0 aromatic heterocycles. The summed E-state index contributed by atoms with van der Waals surface area (Å²) in [5.41, 5.74) is 2.51. The molecule has 40 heavy (non-hydrogen) atoms. The number of nitrogens with one attached hydrogen (secondary N) is 3. The first-order valence-electron chi connectivity index (χ1n) is 13.4. The molecule has 2 unspecified atom stereocenters. The van der Waals surface area contributed by atoms with Gasteiger partial charge < -0.3 is 15.4 Å². The second-order valence-electron chi connectivity index (χ2n) is 10.4. The average molecular weight is 572 g/mol. The maximum Gasteiger partial charge on any atom is 0.241 e. The first kappa shape index (κ1) is 29.6. The van der Waals surface area contributed by atoms with Crippen LogP contribution in [0.15, 0.2) is 71.6 Å². The second-order valence-corrected chi connectivity index (χ2v) is 12.1. The predicted octanol–water partition coefficient (Wildman–Crippen LogP) is 5.15. The summed E-state index contributed by atoms with van der Waals surface area (Å²) in [5, 5.41) is 6.46. The Morgan fingerprint density at radius 3 is 2.52 bits per heavy atom. The lowest BCUT2D eigenvalue weighted by Crippen LogP contribution is -2.36. The number of sulfonamides is 1. The fraction of sp³-hybridized carbons (Fsp3) is 0.367. The van der Waals surface area contributed by atoms with Crippen molar-refractivity contribution in [3.63, 3.8) is 0 Å². The minimum Gasteiger partial charge on any atom is -0.493 e. The average Bonchev–Trinajstić information content (AvgIpc) is 2.92. The Morgan fingerprint density at radius 1 is 1.02 bits per heavy atom. The van der Waals surface area contributed by atoms with E-state index in [9.17, 15) is 22.0 Å². The number of carbonyl (C=O) groups excluding carboxylic acids is 1. The van der Waals surface area contributed by atoms with Gasteiger partial charge in [0.2, 0.25) is 15.9 Å². The van der Waals surface area contributed by atoms with Crippen LogP contribution < -0.4 is 20.1 Å². The lowest BCUT2D eigenvalue weighted by Gasteiger charge is -2.28. The summed E-state index contributed by atoms with van der Waals surface area (Å²) in [4.78, 5) is 12.8. The minimum atomic E-state index is -4.26. The van der Waals surface area contributed by atoms with Crippen LogP contribution >= 0.6 is 0 Å². The van der Waals surface area contributed by atoms with Crippen molar-refractivity contribution in [3.8, 4) is 5.75 Å². The summed E-state index contributed by atoms with van der Waals surface area (Å²) in [7, 11) is -4.26. The first-order valence-corrected chi connectivity index (χ1v) is 14.9. The van der Waals surface area contributed by atoms with E-state index in [0.29, 0.717) is 30.6 Å². The summed E-state index contributed by atoms with van der Waals surface area (Å²) in [6.07, 6.45) is 1.47. The van der Waals surface area contributed by atoms with Gasteiger partial charge in [-0.3, -0.25) is 4.79 Å². The second kappa shape index (κ2) is 13.3. The van der Waals surface area contributed by atoms with Crippen molar-refractivity contribution in [1.82, 2.24) is 15.4 Å². The molecule has 1 amide bonds. The topological polar surface area (TPSA) is 96.5 Å². The number of hydrogen-bond donors (Lipinski definition) is 3. The fourth-order valence-electron chi connectivity index (χ4n) is 4.57.